The number of ether oxygens (including phenoxy) is 2. The molecule has 0 atom stereocenters. The second-order valence-corrected chi connectivity index (χ2v) is 6.15. The zero-order valence-electron chi connectivity index (χ0n) is 14.4. The van der Waals surface area contributed by atoms with Crippen molar-refractivity contribution in [1.29, 1.82) is 0 Å². The van der Waals surface area contributed by atoms with Crippen LogP contribution < -0.4 is 14.4 Å². The summed E-state index contributed by atoms with van der Waals surface area (Å²) in [5.41, 5.74) is 1.07. The molecule has 6 heteroatoms. The molecule has 2 aromatic rings. The summed E-state index contributed by atoms with van der Waals surface area (Å²) in [5.74, 6) is 1.54. The summed E-state index contributed by atoms with van der Waals surface area (Å²) < 4.78 is 11.9. The van der Waals surface area contributed by atoms with Crippen molar-refractivity contribution < 1.29 is 14.3 Å². The van der Waals surface area contributed by atoms with E-state index in [1.54, 1.807) is 30.3 Å². The fraction of sp³-hybridized carbons (Fsp3) is 0.263. The van der Waals surface area contributed by atoms with Crippen molar-refractivity contribution >= 4 is 27.7 Å². The van der Waals surface area contributed by atoms with E-state index in [9.17, 15) is 4.79 Å². The molecule has 0 aliphatic rings. The normalized spacial score (nSPS) is 10.2. The monoisotopic (exact) mass is 404 g/mol. The molecule has 0 fully saturated rings. The van der Waals surface area contributed by atoms with E-state index >= 15 is 0 Å². The summed E-state index contributed by atoms with van der Waals surface area (Å²) in [6, 6.07) is 9.25. The lowest BCUT2D eigenvalue weighted by atomic mass is 10.1. The van der Waals surface area contributed by atoms with E-state index in [1.165, 1.54) is 0 Å². The molecule has 132 valence electrons. The van der Waals surface area contributed by atoms with Gasteiger partial charge in [0.15, 0.2) is 18.1 Å². The Morgan fingerprint density at radius 2 is 2.12 bits per heavy atom. The van der Waals surface area contributed by atoms with Crippen LogP contribution in [0.1, 0.15) is 12.5 Å². The summed E-state index contributed by atoms with van der Waals surface area (Å²) in [6.07, 6.45) is 4.23. The Bertz CT molecular complexity index is 732. The van der Waals surface area contributed by atoms with Gasteiger partial charge < -0.3 is 9.47 Å². The lowest BCUT2D eigenvalue weighted by Gasteiger charge is -2.20. The molecule has 0 N–H and O–H groups in total. The molecule has 1 aromatic heterocycles. The first kappa shape index (κ1) is 19.0. The summed E-state index contributed by atoms with van der Waals surface area (Å²) in [6.45, 7) is 6.03. The first-order valence-electron chi connectivity index (χ1n) is 7.91. The minimum absolute atomic E-state index is 0.0945. The molecule has 0 aliphatic heterocycles. The van der Waals surface area contributed by atoms with Crippen molar-refractivity contribution in [3.8, 4) is 11.5 Å². The number of methoxy groups -OCH3 is 1. The average molecular weight is 405 g/mol. The van der Waals surface area contributed by atoms with Crippen LogP contribution in [0.4, 0.5) is 5.82 Å². The minimum atomic E-state index is -0.172. The highest BCUT2D eigenvalue weighted by Crippen LogP contribution is 2.28. The number of likely N-dealkylation sites (N-methyl/N-ethyl adjacent to an activating group) is 1. The van der Waals surface area contributed by atoms with Crippen molar-refractivity contribution in [3.05, 3.63) is 59.2 Å². The predicted molar refractivity (Wildman–Crippen MR) is 102 cm³/mol. The number of hydrogen-bond acceptors (Lipinski definition) is 4. The van der Waals surface area contributed by atoms with Gasteiger partial charge in [0, 0.05) is 17.2 Å². The lowest BCUT2D eigenvalue weighted by Crippen LogP contribution is -2.35. The second-order valence-electron chi connectivity index (χ2n) is 5.24. The molecule has 0 unspecified atom stereocenters. The van der Waals surface area contributed by atoms with Crippen molar-refractivity contribution in [2.45, 2.75) is 13.3 Å². The number of allylic oxidation sites excluding steroid dienone is 1. The number of pyridine rings is 1. The zero-order chi connectivity index (χ0) is 18.2. The summed E-state index contributed by atoms with van der Waals surface area (Å²) in [5, 5.41) is 0. The Balaban J connectivity index is 2.07. The van der Waals surface area contributed by atoms with E-state index in [2.05, 4.69) is 27.5 Å². The van der Waals surface area contributed by atoms with E-state index in [1.807, 2.05) is 31.2 Å². The van der Waals surface area contributed by atoms with Crippen LogP contribution in [0.5, 0.6) is 11.5 Å². The lowest BCUT2D eigenvalue weighted by molar-refractivity contribution is -0.120. The van der Waals surface area contributed by atoms with Crippen LogP contribution in [-0.4, -0.2) is 31.2 Å². The number of amides is 1. The maximum Gasteiger partial charge on any atom is 0.266 e. The maximum atomic E-state index is 12.5. The molecule has 5 nitrogen and oxygen atoms in total. The molecular weight excluding hydrogens is 384 g/mol. The number of hydrogen-bond donors (Lipinski definition) is 0. The Kier molecular flexibility index (Phi) is 7.01. The number of anilines is 1. The second kappa shape index (κ2) is 9.22. The highest BCUT2D eigenvalue weighted by atomic mass is 79.9. The third-order valence-electron chi connectivity index (χ3n) is 3.56. The number of benzene rings is 1. The van der Waals surface area contributed by atoms with Gasteiger partial charge in [0.25, 0.3) is 5.91 Å². The van der Waals surface area contributed by atoms with Crippen molar-refractivity contribution in [2.24, 2.45) is 0 Å². The highest BCUT2D eigenvalue weighted by molar-refractivity contribution is 9.10. The maximum absolute atomic E-state index is 12.5. The number of nitrogens with zero attached hydrogens (tertiary/aromatic N) is 2. The van der Waals surface area contributed by atoms with Crippen LogP contribution in [0.2, 0.25) is 0 Å². The molecule has 25 heavy (non-hydrogen) atoms. The minimum Gasteiger partial charge on any atom is -0.493 e. The Morgan fingerprint density at radius 3 is 2.72 bits per heavy atom. The molecule has 1 amide bonds. The van der Waals surface area contributed by atoms with Gasteiger partial charge in [-0.1, -0.05) is 12.1 Å². The third-order valence-corrected chi connectivity index (χ3v) is 4.03. The van der Waals surface area contributed by atoms with Crippen molar-refractivity contribution in [3.63, 3.8) is 0 Å². The molecular formula is C19H21BrN2O3. The van der Waals surface area contributed by atoms with Gasteiger partial charge in [0.1, 0.15) is 5.82 Å². The van der Waals surface area contributed by atoms with Gasteiger partial charge in [-0.25, -0.2) is 4.98 Å². The summed E-state index contributed by atoms with van der Waals surface area (Å²) >= 11 is 3.34. The van der Waals surface area contributed by atoms with E-state index in [-0.39, 0.29) is 12.5 Å². The topological polar surface area (TPSA) is 51.7 Å². The van der Waals surface area contributed by atoms with E-state index < -0.39 is 0 Å². The third kappa shape index (κ3) is 5.06. The first-order valence-corrected chi connectivity index (χ1v) is 8.70. The summed E-state index contributed by atoms with van der Waals surface area (Å²) in [4.78, 5) is 18.3. The number of rotatable bonds is 8. The average Bonchev–Trinajstić information content (AvgIpc) is 2.63. The standard InChI is InChI=1S/C19H21BrN2O3/c1-4-6-14-7-9-16(17(11-14)24-3)25-13-19(23)22(5-2)18-10-8-15(20)12-21-18/h4,7-12H,1,5-6,13H2,2-3H3. The molecule has 0 aliphatic carbocycles. The van der Waals surface area contributed by atoms with Gasteiger partial charge in [-0.2, -0.15) is 0 Å². The zero-order valence-corrected chi connectivity index (χ0v) is 16.0. The van der Waals surface area contributed by atoms with Crippen LogP contribution in [0, 0.1) is 0 Å². The molecule has 1 heterocycles. The molecule has 0 spiro atoms. The van der Waals surface area contributed by atoms with Crippen LogP contribution in [0.3, 0.4) is 0 Å². The summed E-state index contributed by atoms with van der Waals surface area (Å²) in [7, 11) is 1.58. The fourth-order valence-corrected chi connectivity index (χ4v) is 2.57. The number of carbonyl (C=O) groups excluding carboxylic acids is 1. The predicted octanol–water partition coefficient (Wildman–Crippen LogP) is 4.01. The molecule has 1 aromatic carbocycles. The molecule has 0 saturated carbocycles. The molecule has 0 radical (unpaired) electrons. The SMILES string of the molecule is C=CCc1ccc(OCC(=O)N(CC)c2ccc(Br)cn2)c(OC)c1. The van der Waals surface area contributed by atoms with Crippen molar-refractivity contribution in [1.82, 2.24) is 4.98 Å². The molecule has 0 bridgehead atoms. The Hall–Kier alpha value is -2.34. The van der Waals surface area contributed by atoms with Crippen molar-refractivity contribution in [2.75, 3.05) is 25.2 Å². The van der Waals surface area contributed by atoms with Crippen LogP contribution in [-0.2, 0) is 11.2 Å². The fourth-order valence-electron chi connectivity index (χ4n) is 2.34. The van der Waals surface area contributed by atoms with Crippen LogP contribution >= 0.6 is 15.9 Å². The Morgan fingerprint density at radius 1 is 1.32 bits per heavy atom. The smallest absolute Gasteiger partial charge is 0.266 e. The van der Waals surface area contributed by atoms with Gasteiger partial charge >= 0.3 is 0 Å². The number of aromatic nitrogens is 1. The Labute approximate surface area is 156 Å². The van der Waals surface area contributed by atoms with Gasteiger partial charge in [0.05, 0.1) is 7.11 Å². The first-order chi connectivity index (χ1) is 12.1. The molecule has 2 rings (SSSR count). The molecule has 0 saturated heterocycles. The number of carbonyl (C=O) groups is 1. The van der Waals surface area contributed by atoms with Gasteiger partial charge in [-0.3, -0.25) is 9.69 Å². The van der Waals surface area contributed by atoms with E-state index in [0.717, 1.165) is 16.5 Å². The van der Waals surface area contributed by atoms with Crippen LogP contribution in [0.15, 0.2) is 53.7 Å². The van der Waals surface area contributed by atoms with Gasteiger partial charge in [-0.15, -0.1) is 6.58 Å². The van der Waals surface area contributed by atoms with Gasteiger partial charge in [0.2, 0.25) is 0 Å². The highest BCUT2D eigenvalue weighted by Gasteiger charge is 2.17. The largest absolute Gasteiger partial charge is 0.493 e. The van der Waals surface area contributed by atoms with E-state index in [4.69, 9.17) is 9.47 Å². The quantitative estimate of drug-likeness (QED) is 0.623. The van der Waals surface area contributed by atoms with E-state index in [0.29, 0.717) is 23.9 Å². The van der Waals surface area contributed by atoms with Crippen LogP contribution in [0.25, 0.3) is 0 Å². The van der Waals surface area contributed by atoms with Gasteiger partial charge in [-0.05, 0) is 59.1 Å². The number of halogens is 1.